The Kier molecular flexibility index (Phi) is 6.02. The Hall–Kier alpha value is -2.39. The van der Waals surface area contributed by atoms with Crippen molar-refractivity contribution < 1.29 is 9.53 Å². The summed E-state index contributed by atoms with van der Waals surface area (Å²) >= 11 is 2.90. The standard InChI is InChI=1S/C16H17N5O2S2/c1-2-23-14-8-4-3-7-13(14)21-16(18-19-20-21)25-11-15(22)17-10-12-6-5-9-24-12/h3-9H,2,10-11H2,1H3,(H,17,22). The van der Waals surface area contributed by atoms with Gasteiger partial charge in [-0.3, -0.25) is 4.79 Å². The Labute approximate surface area is 153 Å². The first-order chi connectivity index (χ1) is 12.3. The molecule has 0 radical (unpaired) electrons. The van der Waals surface area contributed by atoms with Crippen LogP contribution < -0.4 is 10.1 Å². The first-order valence-corrected chi connectivity index (χ1v) is 9.57. The van der Waals surface area contributed by atoms with Gasteiger partial charge in [0.05, 0.1) is 18.9 Å². The van der Waals surface area contributed by atoms with Gasteiger partial charge in [0.1, 0.15) is 11.4 Å². The van der Waals surface area contributed by atoms with Gasteiger partial charge in [-0.05, 0) is 40.9 Å². The van der Waals surface area contributed by atoms with E-state index in [9.17, 15) is 4.79 Å². The van der Waals surface area contributed by atoms with Crippen LogP contribution in [-0.2, 0) is 11.3 Å². The van der Waals surface area contributed by atoms with Gasteiger partial charge in [-0.2, -0.15) is 4.68 Å². The summed E-state index contributed by atoms with van der Waals surface area (Å²) < 4.78 is 7.20. The van der Waals surface area contributed by atoms with Gasteiger partial charge < -0.3 is 10.1 Å². The van der Waals surface area contributed by atoms with E-state index in [0.717, 1.165) is 10.6 Å². The number of aromatic nitrogens is 4. The van der Waals surface area contributed by atoms with Crippen LogP contribution in [0.25, 0.3) is 5.69 Å². The van der Waals surface area contributed by atoms with Crippen LogP contribution in [0, 0.1) is 0 Å². The highest BCUT2D eigenvalue weighted by molar-refractivity contribution is 7.99. The number of tetrazole rings is 1. The lowest BCUT2D eigenvalue weighted by Crippen LogP contribution is -2.24. The quantitative estimate of drug-likeness (QED) is 0.609. The maximum Gasteiger partial charge on any atom is 0.230 e. The largest absolute Gasteiger partial charge is 0.492 e. The fourth-order valence-corrected chi connectivity index (χ4v) is 3.47. The average Bonchev–Trinajstić information content (AvgIpc) is 3.30. The molecule has 0 saturated heterocycles. The van der Waals surface area contributed by atoms with Gasteiger partial charge in [-0.1, -0.05) is 30.0 Å². The summed E-state index contributed by atoms with van der Waals surface area (Å²) in [6.07, 6.45) is 0. The summed E-state index contributed by atoms with van der Waals surface area (Å²) in [6.45, 7) is 3.01. The molecule has 0 spiro atoms. The molecule has 0 fully saturated rings. The predicted molar refractivity (Wildman–Crippen MR) is 97.2 cm³/mol. The van der Waals surface area contributed by atoms with E-state index in [1.54, 1.807) is 16.0 Å². The van der Waals surface area contributed by atoms with E-state index in [1.165, 1.54) is 11.8 Å². The van der Waals surface area contributed by atoms with Crippen molar-refractivity contribution in [2.24, 2.45) is 0 Å². The summed E-state index contributed by atoms with van der Waals surface area (Å²) in [7, 11) is 0. The van der Waals surface area contributed by atoms with Crippen LogP contribution in [-0.4, -0.2) is 38.5 Å². The van der Waals surface area contributed by atoms with Gasteiger partial charge in [0.2, 0.25) is 11.1 Å². The number of rotatable bonds is 8. The van der Waals surface area contributed by atoms with E-state index in [1.807, 2.05) is 48.7 Å². The van der Waals surface area contributed by atoms with Crippen molar-refractivity contribution in [3.05, 3.63) is 46.7 Å². The summed E-state index contributed by atoms with van der Waals surface area (Å²) in [5, 5.41) is 17.2. The number of amides is 1. The second-order valence-corrected chi connectivity index (χ2v) is 6.89. The third kappa shape index (κ3) is 4.58. The van der Waals surface area contributed by atoms with Crippen molar-refractivity contribution in [1.29, 1.82) is 0 Å². The van der Waals surface area contributed by atoms with Crippen LogP contribution in [0.1, 0.15) is 11.8 Å². The van der Waals surface area contributed by atoms with Gasteiger partial charge in [0, 0.05) is 4.88 Å². The number of carbonyl (C=O) groups is 1. The molecule has 2 heterocycles. The molecule has 25 heavy (non-hydrogen) atoms. The average molecular weight is 375 g/mol. The molecule has 1 N–H and O–H groups in total. The molecule has 130 valence electrons. The van der Waals surface area contributed by atoms with Crippen LogP contribution in [0.2, 0.25) is 0 Å². The van der Waals surface area contributed by atoms with Crippen molar-refractivity contribution in [2.75, 3.05) is 12.4 Å². The molecule has 9 heteroatoms. The van der Waals surface area contributed by atoms with E-state index >= 15 is 0 Å². The second kappa shape index (κ2) is 8.63. The van der Waals surface area contributed by atoms with Crippen molar-refractivity contribution in [1.82, 2.24) is 25.5 Å². The zero-order valence-electron chi connectivity index (χ0n) is 13.6. The molecule has 0 unspecified atom stereocenters. The lowest BCUT2D eigenvalue weighted by Gasteiger charge is -2.10. The molecule has 0 saturated carbocycles. The van der Waals surface area contributed by atoms with E-state index < -0.39 is 0 Å². The maximum absolute atomic E-state index is 12.0. The number of nitrogens with zero attached hydrogens (tertiary/aromatic N) is 4. The molecule has 0 aliphatic heterocycles. The van der Waals surface area contributed by atoms with Crippen LogP contribution in [0.5, 0.6) is 5.75 Å². The van der Waals surface area contributed by atoms with Crippen LogP contribution >= 0.6 is 23.1 Å². The lowest BCUT2D eigenvalue weighted by atomic mass is 10.3. The molecule has 3 aromatic rings. The zero-order valence-corrected chi connectivity index (χ0v) is 15.2. The third-order valence-electron chi connectivity index (χ3n) is 3.21. The van der Waals surface area contributed by atoms with Gasteiger partial charge in [-0.25, -0.2) is 0 Å². The van der Waals surface area contributed by atoms with Crippen LogP contribution in [0.3, 0.4) is 0 Å². The van der Waals surface area contributed by atoms with Gasteiger partial charge >= 0.3 is 0 Å². The highest BCUT2D eigenvalue weighted by Gasteiger charge is 2.14. The fourth-order valence-electron chi connectivity index (χ4n) is 2.11. The number of carbonyl (C=O) groups excluding carboxylic acids is 1. The molecule has 0 aliphatic rings. The molecule has 2 aromatic heterocycles. The van der Waals surface area contributed by atoms with Crippen molar-refractivity contribution >= 4 is 29.0 Å². The normalized spacial score (nSPS) is 10.6. The minimum atomic E-state index is -0.0638. The van der Waals surface area contributed by atoms with Gasteiger partial charge in [0.25, 0.3) is 0 Å². The minimum absolute atomic E-state index is 0.0638. The van der Waals surface area contributed by atoms with E-state index in [2.05, 4.69) is 20.8 Å². The fraction of sp³-hybridized carbons (Fsp3) is 0.250. The topological polar surface area (TPSA) is 81.9 Å². The maximum atomic E-state index is 12.0. The molecule has 1 aromatic carbocycles. The first kappa shape index (κ1) is 17.4. The Bertz CT molecular complexity index is 820. The van der Waals surface area contributed by atoms with Crippen LogP contribution in [0.15, 0.2) is 46.9 Å². The van der Waals surface area contributed by atoms with E-state index in [-0.39, 0.29) is 11.7 Å². The van der Waals surface area contributed by atoms with E-state index in [0.29, 0.717) is 24.1 Å². The second-order valence-electron chi connectivity index (χ2n) is 4.92. The Morgan fingerprint density at radius 3 is 3.00 bits per heavy atom. The molecule has 3 rings (SSSR count). The molecule has 7 nitrogen and oxygen atoms in total. The monoisotopic (exact) mass is 375 g/mol. The number of hydrogen-bond donors (Lipinski definition) is 1. The first-order valence-electron chi connectivity index (χ1n) is 7.70. The summed E-state index contributed by atoms with van der Waals surface area (Å²) in [5.41, 5.74) is 0.746. The molecule has 0 bridgehead atoms. The Morgan fingerprint density at radius 1 is 1.32 bits per heavy atom. The Balaban J connectivity index is 1.63. The zero-order chi connectivity index (χ0) is 17.5. The number of ether oxygens (including phenoxy) is 1. The number of nitrogens with one attached hydrogen (secondary N) is 1. The van der Waals surface area contributed by atoms with Gasteiger partial charge in [0.15, 0.2) is 0 Å². The summed E-state index contributed by atoms with van der Waals surface area (Å²) in [6, 6.07) is 11.5. The van der Waals surface area contributed by atoms with Gasteiger partial charge in [-0.15, -0.1) is 16.4 Å². The highest BCUT2D eigenvalue weighted by Crippen LogP contribution is 2.25. The number of para-hydroxylation sites is 2. The molecular weight excluding hydrogens is 358 g/mol. The number of thioether (sulfide) groups is 1. The summed E-state index contributed by atoms with van der Waals surface area (Å²) in [4.78, 5) is 13.1. The predicted octanol–water partition coefficient (Wildman–Crippen LogP) is 2.53. The third-order valence-corrected chi connectivity index (χ3v) is 5.00. The number of hydrogen-bond acceptors (Lipinski definition) is 7. The minimum Gasteiger partial charge on any atom is -0.492 e. The summed E-state index contributed by atoms with van der Waals surface area (Å²) in [5.74, 6) is 0.870. The number of benzene rings is 1. The Morgan fingerprint density at radius 2 is 2.20 bits per heavy atom. The molecular formula is C16H17N5O2S2. The van der Waals surface area contributed by atoms with Crippen molar-refractivity contribution in [3.63, 3.8) is 0 Å². The molecule has 0 atom stereocenters. The van der Waals surface area contributed by atoms with Crippen LogP contribution in [0.4, 0.5) is 0 Å². The smallest absolute Gasteiger partial charge is 0.230 e. The molecule has 1 amide bonds. The molecule has 0 aliphatic carbocycles. The highest BCUT2D eigenvalue weighted by atomic mass is 32.2. The SMILES string of the molecule is CCOc1ccccc1-n1nnnc1SCC(=O)NCc1cccs1. The number of thiophene rings is 1. The van der Waals surface area contributed by atoms with E-state index in [4.69, 9.17) is 4.74 Å². The lowest BCUT2D eigenvalue weighted by molar-refractivity contribution is -0.118. The van der Waals surface area contributed by atoms with Crippen molar-refractivity contribution in [3.8, 4) is 11.4 Å². The van der Waals surface area contributed by atoms with Crippen molar-refractivity contribution in [2.45, 2.75) is 18.6 Å².